The number of nitrogens with zero attached hydrogens (tertiary/aromatic N) is 1. The Bertz CT molecular complexity index is 795. The second kappa shape index (κ2) is 6.48. The Morgan fingerprint density at radius 2 is 2.00 bits per heavy atom. The fourth-order valence-electron chi connectivity index (χ4n) is 1.84. The van der Waals surface area contributed by atoms with Gasteiger partial charge in [0.25, 0.3) is 5.91 Å². The van der Waals surface area contributed by atoms with Gasteiger partial charge >= 0.3 is 0 Å². The number of nitrogens with one attached hydrogen (secondary N) is 1. The molecule has 0 spiro atoms. The zero-order valence-corrected chi connectivity index (χ0v) is 13.8. The summed E-state index contributed by atoms with van der Waals surface area (Å²) in [5, 5.41) is 5.68. The normalized spacial score (nSPS) is 10.6. The van der Waals surface area contributed by atoms with E-state index in [1.54, 1.807) is 12.1 Å². The lowest BCUT2D eigenvalue weighted by Gasteiger charge is -2.00. The van der Waals surface area contributed by atoms with Gasteiger partial charge in [0.15, 0.2) is 0 Å². The quantitative estimate of drug-likeness (QED) is 0.698. The number of anilines is 1. The standard InChI is InChI=1S/C15H12ClN3OS2/c16-13-6-5-12(22-13)14(20)18-7-11-8-21-15(19-11)9-1-3-10(17)4-2-9/h1-6,8H,7,17H2,(H,18,20). The number of nitrogen functional groups attached to an aromatic ring is 1. The fraction of sp³-hybridized carbons (Fsp3) is 0.0667. The van der Waals surface area contributed by atoms with Crippen molar-refractivity contribution >= 4 is 45.9 Å². The van der Waals surface area contributed by atoms with Crippen LogP contribution in [0.2, 0.25) is 4.34 Å². The summed E-state index contributed by atoms with van der Waals surface area (Å²) in [6, 6.07) is 11.0. The minimum Gasteiger partial charge on any atom is -0.399 e. The van der Waals surface area contributed by atoms with E-state index in [2.05, 4.69) is 10.3 Å². The summed E-state index contributed by atoms with van der Waals surface area (Å²) in [4.78, 5) is 17.1. The lowest BCUT2D eigenvalue weighted by atomic mass is 10.2. The number of benzene rings is 1. The van der Waals surface area contributed by atoms with Crippen molar-refractivity contribution in [2.24, 2.45) is 0 Å². The zero-order chi connectivity index (χ0) is 15.5. The molecule has 3 rings (SSSR count). The highest BCUT2D eigenvalue weighted by Crippen LogP contribution is 2.25. The maximum Gasteiger partial charge on any atom is 0.261 e. The summed E-state index contributed by atoms with van der Waals surface area (Å²) in [5.41, 5.74) is 8.24. The summed E-state index contributed by atoms with van der Waals surface area (Å²) in [6.45, 7) is 0.389. The number of thiophene rings is 1. The molecular formula is C15H12ClN3OS2. The summed E-state index contributed by atoms with van der Waals surface area (Å²) in [6.07, 6.45) is 0. The highest BCUT2D eigenvalue weighted by Gasteiger charge is 2.10. The molecule has 3 N–H and O–H groups in total. The van der Waals surface area contributed by atoms with E-state index in [0.29, 0.717) is 15.8 Å². The Kier molecular flexibility index (Phi) is 4.42. The van der Waals surface area contributed by atoms with Crippen LogP contribution in [0.15, 0.2) is 41.8 Å². The number of carbonyl (C=O) groups excluding carboxylic acids is 1. The minimum absolute atomic E-state index is 0.140. The van der Waals surface area contributed by atoms with E-state index in [-0.39, 0.29) is 5.91 Å². The van der Waals surface area contributed by atoms with Crippen LogP contribution in [-0.2, 0) is 6.54 Å². The molecule has 0 atom stereocenters. The number of hydrogen-bond acceptors (Lipinski definition) is 5. The molecule has 2 heterocycles. The van der Waals surface area contributed by atoms with Crippen molar-refractivity contribution in [1.82, 2.24) is 10.3 Å². The minimum atomic E-state index is -0.140. The average molecular weight is 350 g/mol. The van der Waals surface area contributed by atoms with Crippen LogP contribution >= 0.6 is 34.3 Å². The molecule has 0 aliphatic heterocycles. The van der Waals surface area contributed by atoms with Crippen LogP contribution in [0.1, 0.15) is 15.4 Å². The van der Waals surface area contributed by atoms with Crippen LogP contribution in [0.5, 0.6) is 0 Å². The predicted molar refractivity (Wildman–Crippen MR) is 92.5 cm³/mol. The maximum absolute atomic E-state index is 11.9. The van der Waals surface area contributed by atoms with Crippen molar-refractivity contribution in [3.8, 4) is 10.6 Å². The third-order valence-electron chi connectivity index (χ3n) is 2.94. The molecule has 7 heteroatoms. The van der Waals surface area contributed by atoms with Crippen LogP contribution in [0.3, 0.4) is 0 Å². The summed E-state index contributed by atoms with van der Waals surface area (Å²) in [7, 11) is 0. The SMILES string of the molecule is Nc1ccc(-c2nc(CNC(=O)c3ccc(Cl)s3)cs2)cc1. The van der Waals surface area contributed by atoms with Gasteiger partial charge in [0.1, 0.15) is 5.01 Å². The fourth-order valence-corrected chi connectivity index (χ4v) is 3.63. The topological polar surface area (TPSA) is 68.0 Å². The molecule has 2 aromatic heterocycles. The average Bonchev–Trinajstić information content (AvgIpc) is 3.15. The van der Waals surface area contributed by atoms with Crippen LogP contribution < -0.4 is 11.1 Å². The van der Waals surface area contributed by atoms with E-state index in [0.717, 1.165) is 22.0 Å². The maximum atomic E-state index is 11.9. The lowest BCUT2D eigenvalue weighted by molar-refractivity contribution is 0.0954. The van der Waals surface area contributed by atoms with Gasteiger partial charge in [0.2, 0.25) is 0 Å². The zero-order valence-electron chi connectivity index (χ0n) is 11.4. The molecule has 0 bridgehead atoms. The van der Waals surface area contributed by atoms with Crippen LogP contribution in [-0.4, -0.2) is 10.9 Å². The molecule has 4 nitrogen and oxygen atoms in total. The van der Waals surface area contributed by atoms with E-state index >= 15 is 0 Å². The molecule has 0 saturated carbocycles. The molecule has 0 unspecified atom stereocenters. The van der Waals surface area contributed by atoms with Gasteiger partial charge in [-0.2, -0.15) is 0 Å². The molecule has 3 aromatic rings. The molecular weight excluding hydrogens is 338 g/mol. The Morgan fingerprint density at radius 1 is 1.23 bits per heavy atom. The van der Waals surface area contributed by atoms with Gasteiger partial charge in [0, 0.05) is 16.6 Å². The lowest BCUT2D eigenvalue weighted by Crippen LogP contribution is -2.21. The number of thiazole rings is 1. The third kappa shape index (κ3) is 3.47. The molecule has 1 aromatic carbocycles. The van der Waals surface area contributed by atoms with Crippen LogP contribution in [0.25, 0.3) is 10.6 Å². The van der Waals surface area contributed by atoms with Crippen molar-refractivity contribution in [2.45, 2.75) is 6.54 Å². The summed E-state index contributed by atoms with van der Waals surface area (Å²) < 4.78 is 0.601. The third-order valence-corrected chi connectivity index (χ3v) is 5.11. The van der Waals surface area contributed by atoms with Crippen LogP contribution in [0.4, 0.5) is 5.69 Å². The smallest absolute Gasteiger partial charge is 0.261 e. The number of carbonyl (C=O) groups is 1. The van der Waals surface area contributed by atoms with Crippen molar-refractivity contribution in [3.05, 3.63) is 56.7 Å². The van der Waals surface area contributed by atoms with Gasteiger partial charge in [-0.3, -0.25) is 4.79 Å². The van der Waals surface area contributed by atoms with Crippen molar-refractivity contribution in [3.63, 3.8) is 0 Å². The molecule has 112 valence electrons. The van der Waals surface area contributed by atoms with Gasteiger partial charge in [-0.15, -0.1) is 22.7 Å². The van der Waals surface area contributed by atoms with Gasteiger partial charge in [-0.05, 0) is 36.4 Å². The highest BCUT2D eigenvalue weighted by atomic mass is 35.5. The molecule has 0 aliphatic rings. The molecule has 0 fully saturated rings. The van der Waals surface area contributed by atoms with Gasteiger partial charge in [-0.1, -0.05) is 11.6 Å². The Balaban J connectivity index is 1.64. The Hall–Kier alpha value is -1.89. The first-order valence-corrected chi connectivity index (χ1v) is 8.53. The van der Waals surface area contributed by atoms with Crippen molar-refractivity contribution in [1.29, 1.82) is 0 Å². The molecule has 1 amide bonds. The summed E-state index contributed by atoms with van der Waals surface area (Å²) in [5.74, 6) is -0.140. The Labute approximate surface area is 140 Å². The molecule has 22 heavy (non-hydrogen) atoms. The first kappa shape index (κ1) is 15.0. The molecule has 0 aliphatic carbocycles. The van der Waals surface area contributed by atoms with Gasteiger partial charge in [-0.25, -0.2) is 4.98 Å². The first-order valence-electron chi connectivity index (χ1n) is 6.45. The Morgan fingerprint density at radius 3 is 2.68 bits per heavy atom. The monoisotopic (exact) mass is 349 g/mol. The predicted octanol–water partition coefficient (Wildman–Crippen LogP) is 4.04. The van der Waals surface area contributed by atoms with Crippen LogP contribution in [0, 0.1) is 0 Å². The van der Waals surface area contributed by atoms with E-state index in [1.165, 1.54) is 22.7 Å². The van der Waals surface area contributed by atoms with Crippen molar-refractivity contribution in [2.75, 3.05) is 5.73 Å². The number of rotatable bonds is 4. The number of amides is 1. The van der Waals surface area contributed by atoms with E-state index < -0.39 is 0 Å². The highest BCUT2D eigenvalue weighted by molar-refractivity contribution is 7.18. The first-order chi connectivity index (χ1) is 10.6. The largest absolute Gasteiger partial charge is 0.399 e. The second-order valence-corrected chi connectivity index (χ2v) is 7.13. The van der Waals surface area contributed by atoms with Crippen molar-refractivity contribution < 1.29 is 4.79 Å². The number of aromatic nitrogens is 1. The second-order valence-electron chi connectivity index (χ2n) is 4.55. The van der Waals surface area contributed by atoms with E-state index in [9.17, 15) is 4.79 Å². The molecule has 0 radical (unpaired) electrons. The van der Waals surface area contributed by atoms with Gasteiger partial charge in [0.05, 0.1) is 21.5 Å². The summed E-state index contributed by atoms with van der Waals surface area (Å²) >= 11 is 8.62. The number of nitrogens with two attached hydrogens (primary N) is 1. The van der Waals surface area contributed by atoms with Gasteiger partial charge < -0.3 is 11.1 Å². The van der Waals surface area contributed by atoms with E-state index in [1.807, 2.05) is 29.6 Å². The van der Waals surface area contributed by atoms with E-state index in [4.69, 9.17) is 17.3 Å². The molecule has 0 saturated heterocycles. The number of hydrogen-bond donors (Lipinski definition) is 2. The number of halogens is 1.